The first kappa shape index (κ1) is 13.6. The van der Waals surface area contributed by atoms with Gasteiger partial charge in [0.1, 0.15) is 6.17 Å². The van der Waals surface area contributed by atoms with Crippen molar-refractivity contribution < 1.29 is 4.79 Å². The summed E-state index contributed by atoms with van der Waals surface area (Å²) in [6.07, 6.45) is 2.62. The average Bonchev–Trinajstić information content (AvgIpc) is 3.11. The average molecular weight is 273 g/mol. The van der Waals surface area contributed by atoms with E-state index in [0.29, 0.717) is 12.6 Å². The molecule has 1 aromatic carbocycles. The highest BCUT2D eigenvalue weighted by molar-refractivity contribution is 5.81. The maximum absolute atomic E-state index is 12.2. The molecular weight excluding hydrogens is 250 g/mol. The zero-order valence-electron chi connectivity index (χ0n) is 12.1. The van der Waals surface area contributed by atoms with E-state index < -0.39 is 0 Å². The molecule has 0 spiro atoms. The van der Waals surface area contributed by atoms with Crippen LogP contribution in [0.25, 0.3) is 0 Å². The monoisotopic (exact) mass is 273 g/mol. The van der Waals surface area contributed by atoms with Crippen molar-refractivity contribution in [1.82, 2.24) is 15.1 Å². The summed E-state index contributed by atoms with van der Waals surface area (Å²) in [6.45, 7) is 5.84. The minimum absolute atomic E-state index is 0.0359. The maximum atomic E-state index is 12.2. The van der Waals surface area contributed by atoms with E-state index in [1.165, 1.54) is 31.5 Å². The van der Waals surface area contributed by atoms with Gasteiger partial charge in [0.05, 0.1) is 6.54 Å². The summed E-state index contributed by atoms with van der Waals surface area (Å²) in [7, 11) is 0. The number of rotatable bonds is 4. The van der Waals surface area contributed by atoms with Crippen molar-refractivity contribution in [2.75, 3.05) is 26.2 Å². The second-order valence-electron chi connectivity index (χ2n) is 5.83. The fourth-order valence-electron chi connectivity index (χ4n) is 3.26. The van der Waals surface area contributed by atoms with Gasteiger partial charge in [0, 0.05) is 12.6 Å². The lowest BCUT2D eigenvalue weighted by atomic mass is 10.1. The first-order chi connectivity index (χ1) is 9.75. The summed E-state index contributed by atoms with van der Waals surface area (Å²) in [5.41, 5.74) is 1.17. The smallest absolute Gasteiger partial charge is 0.238 e. The van der Waals surface area contributed by atoms with Crippen LogP contribution in [0.15, 0.2) is 30.3 Å². The number of carbonyl (C=O) groups excluding carboxylic acids is 1. The summed E-state index contributed by atoms with van der Waals surface area (Å²) >= 11 is 0. The lowest BCUT2D eigenvalue weighted by Crippen LogP contribution is -2.43. The van der Waals surface area contributed by atoms with Gasteiger partial charge < -0.3 is 4.90 Å². The van der Waals surface area contributed by atoms with Crippen molar-refractivity contribution in [2.45, 2.75) is 32.0 Å². The number of hydrogen-bond acceptors (Lipinski definition) is 3. The van der Waals surface area contributed by atoms with E-state index in [2.05, 4.69) is 29.3 Å². The van der Waals surface area contributed by atoms with Gasteiger partial charge in [-0.15, -0.1) is 0 Å². The van der Waals surface area contributed by atoms with Gasteiger partial charge in [-0.25, -0.2) is 0 Å². The normalized spacial score (nSPS) is 25.4. The van der Waals surface area contributed by atoms with E-state index in [9.17, 15) is 4.79 Å². The molecule has 20 heavy (non-hydrogen) atoms. The third-order valence-electron chi connectivity index (χ3n) is 4.42. The van der Waals surface area contributed by atoms with Crippen LogP contribution in [0, 0.1) is 0 Å². The summed E-state index contributed by atoms with van der Waals surface area (Å²) in [6, 6.07) is 10.7. The van der Waals surface area contributed by atoms with Crippen LogP contribution in [-0.4, -0.2) is 47.9 Å². The van der Waals surface area contributed by atoms with Crippen LogP contribution >= 0.6 is 0 Å². The van der Waals surface area contributed by atoms with Crippen molar-refractivity contribution in [3.05, 3.63) is 35.9 Å². The molecule has 0 saturated carbocycles. The Kier molecular flexibility index (Phi) is 4.03. The van der Waals surface area contributed by atoms with Crippen molar-refractivity contribution in [3.63, 3.8) is 0 Å². The van der Waals surface area contributed by atoms with E-state index in [1.54, 1.807) is 0 Å². The molecule has 3 rings (SSSR count). The SMILES string of the molecule is CC(CN1C(=O)CNC1c1ccccc1)N1CCCC1. The van der Waals surface area contributed by atoms with Crippen LogP contribution in [0.1, 0.15) is 31.5 Å². The molecule has 1 amide bonds. The molecule has 2 heterocycles. The van der Waals surface area contributed by atoms with E-state index >= 15 is 0 Å². The molecule has 1 N–H and O–H groups in total. The summed E-state index contributed by atoms with van der Waals surface area (Å²) in [5, 5.41) is 3.33. The molecule has 2 unspecified atom stereocenters. The van der Waals surface area contributed by atoms with Crippen molar-refractivity contribution >= 4 is 5.91 Å². The number of benzene rings is 1. The van der Waals surface area contributed by atoms with Gasteiger partial charge in [-0.2, -0.15) is 0 Å². The van der Waals surface area contributed by atoms with E-state index in [4.69, 9.17) is 0 Å². The fraction of sp³-hybridized carbons (Fsp3) is 0.562. The first-order valence-corrected chi connectivity index (χ1v) is 7.57. The van der Waals surface area contributed by atoms with Gasteiger partial charge in [0.15, 0.2) is 0 Å². The lowest BCUT2D eigenvalue weighted by molar-refractivity contribution is -0.128. The van der Waals surface area contributed by atoms with Crippen molar-refractivity contribution in [1.29, 1.82) is 0 Å². The Morgan fingerprint density at radius 1 is 1.25 bits per heavy atom. The van der Waals surface area contributed by atoms with Gasteiger partial charge in [-0.05, 0) is 38.4 Å². The molecule has 2 aliphatic heterocycles. The largest absolute Gasteiger partial charge is 0.320 e. The van der Waals surface area contributed by atoms with Gasteiger partial charge in [0.2, 0.25) is 5.91 Å². The van der Waals surface area contributed by atoms with Crippen LogP contribution in [0.5, 0.6) is 0 Å². The molecule has 0 radical (unpaired) electrons. The second kappa shape index (κ2) is 5.94. The number of carbonyl (C=O) groups is 1. The van der Waals surface area contributed by atoms with Gasteiger partial charge in [0.25, 0.3) is 0 Å². The molecule has 2 aliphatic rings. The molecule has 0 bridgehead atoms. The first-order valence-electron chi connectivity index (χ1n) is 7.57. The minimum Gasteiger partial charge on any atom is -0.320 e. The molecular formula is C16H23N3O. The van der Waals surface area contributed by atoms with E-state index in [-0.39, 0.29) is 12.1 Å². The predicted octanol–water partition coefficient (Wildman–Crippen LogP) is 1.60. The molecule has 4 nitrogen and oxygen atoms in total. The minimum atomic E-state index is 0.0359. The quantitative estimate of drug-likeness (QED) is 0.905. The molecule has 4 heteroatoms. The topological polar surface area (TPSA) is 35.6 Å². The molecule has 0 aromatic heterocycles. The standard InChI is InChI=1S/C16H23N3O/c1-13(18-9-5-6-10-18)12-19-15(20)11-17-16(19)14-7-3-2-4-8-14/h2-4,7-8,13,16-17H,5-6,9-12H2,1H3. The highest BCUT2D eigenvalue weighted by Gasteiger charge is 2.33. The molecule has 2 saturated heterocycles. The Bertz CT molecular complexity index is 456. The van der Waals surface area contributed by atoms with E-state index in [0.717, 1.165) is 6.54 Å². The van der Waals surface area contributed by atoms with Gasteiger partial charge in [-0.1, -0.05) is 30.3 Å². The molecule has 2 fully saturated rings. The number of hydrogen-bond donors (Lipinski definition) is 1. The van der Waals surface area contributed by atoms with Crippen LogP contribution < -0.4 is 5.32 Å². The Morgan fingerprint density at radius 3 is 2.65 bits per heavy atom. The third-order valence-corrected chi connectivity index (χ3v) is 4.42. The molecule has 108 valence electrons. The summed E-state index contributed by atoms with van der Waals surface area (Å²) in [5.74, 6) is 0.213. The zero-order chi connectivity index (χ0) is 13.9. The Morgan fingerprint density at radius 2 is 1.95 bits per heavy atom. The van der Waals surface area contributed by atoms with Gasteiger partial charge in [-0.3, -0.25) is 15.0 Å². The highest BCUT2D eigenvalue weighted by Crippen LogP contribution is 2.23. The second-order valence-corrected chi connectivity index (χ2v) is 5.83. The highest BCUT2D eigenvalue weighted by atomic mass is 16.2. The van der Waals surface area contributed by atoms with Crippen LogP contribution in [-0.2, 0) is 4.79 Å². The lowest BCUT2D eigenvalue weighted by Gasteiger charge is -2.31. The Hall–Kier alpha value is -1.39. The zero-order valence-corrected chi connectivity index (χ0v) is 12.1. The number of nitrogens with zero attached hydrogens (tertiary/aromatic N) is 2. The van der Waals surface area contributed by atoms with Crippen LogP contribution in [0.4, 0.5) is 0 Å². The predicted molar refractivity (Wildman–Crippen MR) is 79.2 cm³/mol. The number of likely N-dealkylation sites (tertiary alicyclic amines) is 1. The van der Waals surface area contributed by atoms with Crippen LogP contribution in [0.2, 0.25) is 0 Å². The maximum Gasteiger partial charge on any atom is 0.238 e. The number of nitrogens with one attached hydrogen (secondary N) is 1. The van der Waals surface area contributed by atoms with E-state index in [1.807, 2.05) is 23.1 Å². The van der Waals surface area contributed by atoms with Crippen LogP contribution in [0.3, 0.4) is 0 Å². The Balaban J connectivity index is 1.70. The molecule has 1 aromatic rings. The third kappa shape index (κ3) is 2.72. The summed E-state index contributed by atoms with van der Waals surface area (Å²) < 4.78 is 0. The summed E-state index contributed by atoms with van der Waals surface area (Å²) in [4.78, 5) is 16.6. The van der Waals surface area contributed by atoms with Crippen molar-refractivity contribution in [3.8, 4) is 0 Å². The van der Waals surface area contributed by atoms with Gasteiger partial charge >= 0.3 is 0 Å². The molecule has 2 atom stereocenters. The fourth-order valence-corrected chi connectivity index (χ4v) is 3.26. The Labute approximate surface area is 120 Å². The molecule has 0 aliphatic carbocycles. The van der Waals surface area contributed by atoms with Crippen molar-refractivity contribution in [2.24, 2.45) is 0 Å². The number of amides is 1.